The summed E-state index contributed by atoms with van der Waals surface area (Å²) in [5, 5.41) is 6.38. The van der Waals surface area contributed by atoms with Gasteiger partial charge in [-0.2, -0.15) is 0 Å². The van der Waals surface area contributed by atoms with Gasteiger partial charge in [-0.05, 0) is 56.7 Å². The van der Waals surface area contributed by atoms with E-state index in [2.05, 4.69) is 60.7 Å². The highest BCUT2D eigenvalue weighted by molar-refractivity contribution is 5.94. The lowest BCUT2D eigenvalue weighted by molar-refractivity contribution is 0.0942. The number of nitrogens with zero attached hydrogens (tertiary/aromatic N) is 2. The highest BCUT2D eigenvalue weighted by atomic mass is 16.1. The van der Waals surface area contributed by atoms with Crippen LogP contribution in [0.5, 0.6) is 0 Å². The van der Waals surface area contributed by atoms with Crippen molar-refractivity contribution in [1.82, 2.24) is 14.9 Å². The molecule has 0 spiro atoms. The number of carbonyl (C=O) groups excluding carboxylic acids is 1. The van der Waals surface area contributed by atoms with Gasteiger partial charge in [-0.1, -0.05) is 18.2 Å². The molecule has 0 atom stereocenters. The van der Waals surface area contributed by atoms with E-state index in [9.17, 15) is 4.79 Å². The molecule has 2 N–H and O–H groups in total. The fourth-order valence-electron chi connectivity index (χ4n) is 2.89. The summed E-state index contributed by atoms with van der Waals surface area (Å²) in [7, 11) is 1.88. The molecule has 0 unspecified atom stereocenters. The monoisotopic (exact) mass is 362 g/mol. The van der Waals surface area contributed by atoms with Gasteiger partial charge in [0.25, 0.3) is 5.91 Å². The molecule has 0 bridgehead atoms. The molecule has 3 rings (SSSR count). The molecular formula is C22H26N4O. The molecule has 1 amide bonds. The van der Waals surface area contributed by atoms with E-state index in [-0.39, 0.29) is 11.4 Å². The van der Waals surface area contributed by atoms with E-state index >= 15 is 0 Å². The first-order chi connectivity index (χ1) is 12.8. The second-order valence-electron chi connectivity index (χ2n) is 7.68. The molecule has 0 aliphatic carbocycles. The van der Waals surface area contributed by atoms with E-state index < -0.39 is 0 Å². The van der Waals surface area contributed by atoms with Crippen LogP contribution in [0.4, 0.5) is 5.69 Å². The minimum Gasteiger partial charge on any atom is -0.380 e. The normalized spacial score (nSPS) is 11.3. The molecular weight excluding hydrogens is 336 g/mol. The van der Waals surface area contributed by atoms with Crippen LogP contribution in [0.15, 0.2) is 60.9 Å². The molecule has 0 saturated heterocycles. The molecule has 2 aromatic heterocycles. The number of amides is 1. The average Bonchev–Trinajstić information content (AvgIpc) is 3.02. The van der Waals surface area contributed by atoms with Crippen molar-refractivity contribution in [3.8, 4) is 11.1 Å². The van der Waals surface area contributed by atoms with Gasteiger partial charge in [0.2, 0.25) is 0 Å². The van der Waals surface area contributed by atoms with Gasteiger partial charge >= 0.3 is 0 Å². The molecule has 2 heterocycles. The zero-order valence-electron chi connectivity index (χ0n) is 16.3. The van der Waals surface area contributed by atoms with Gasteiger partial charge in [0.15, 0.2) is 0 Å². The summed E-state index contributed by atoms with van der Waals surface area (Å²) in [6, 6.07) is 15.8. The van der Waals surface area contributed by atoms with Gasteiger partial charge in [0.05, 0.1) is 12.2 Å². The number of hydrogen-bond donors (Lipinski definition) is 2. The Kier molecular flexibility index (Phi) is 5.31. The fourth-order valence-corrected chi connectivity index (χ4v) is 2.89. The van der Waals surface area contributed by atoms with Crippen LogP contribution in [0.25, 0.3) is 11.1 Å². The fraction of sp³-hybridized carbons (Fsp3) is 0.273. The summed E-state index contributed by atoms with van der Waals surface area (Å²) < 4.78 is 1.85. The molecule has 27 heavy (non-hydrogen) atoms. The first kappa shape index (κ1) is 18.7. The van der Waals surface area contributed by atoms with Crippen molar-refractivity contribution in [2.75, 3.05) is 5.32 Å². The van der Waals surface area contributed by atoms with Crippen LogP contribution in [0.1, 0.15) is 37.0 Å². The van der Waals surface area contributed by atoms with Crippen molar-refractivity contribution < 1.29 is 4.79 Å². The Balaban J connectivity index is 1.71. The number of benzene rings is 1. The topological polar surface area (TPSA) is 59.0 Å². The summed E-state index contributed by atoms with van der Waals surface area (Å²) >= 11 is 0. The van der Waals surface area contributed by atoms with Crippen LogP contribution >= 0.6 is 0 Å². The molecule has 0 fully saturated rings. The summed E-state index contributed by atoms with van der Waals surface area (Å²) in [4.78, 5) is 16.8. The molecule has 5 heteroatoms. The maximum atomic E-state index is 12.5. The van der Waals surface area contributed by atoms with E-state index in [1.54, 1.807) is 6.20 Å². The summed E-state index contributed by atoms with van der Waals surface area (Å²) in [5.74, 6) is -0.111. The van der Waals surface area contributed by atoms with Crippen molar-refractivity contribution in [3.05, 3.63) is 72.3 Å². The van der Waals surface area contributed by atoms with E-state index in [1.165, 1.54) is 0 Å². The van der Waals surface area contributed by atoms with Crippen LogP contribution in [-0.2, 0) is 13.6 Å². The Hall–Kier alpha value is -3.08. The number of pyridine rings is 1. The first-order valence-corrected chi connectivity index (χ1v) is 9.05. The van der Waals surface area contributed by atoms with E-state index in [0.29, 0.717) is 12.2 Å². The Morgan fingerprint density at radius 3 is 2.44 bits per heavy atom. The Labute approximate surface area is 160 Å². The van der Waals surface area contributed by atoms with Gasteiger partial charge in [0.1, 0.15) is 5.69 Å². The summed E-state index contributed by atoms with van der Waals surface area (Å²) in [5.41, 5.74) is 4.65. The van der Waals surface area contributed by atoms with E-state index in [4.69, 9.17) is 0 Å². The summed E-state index contributed by atoms with van der Waals surface area (Å²) in [6.45, 7) is 6.81. The Morgan fingerprint density at radius 2 is 1.81 bits per heavy atom. The molecule has 0 aliphatic heterocycles. The zero-order valence-corrected chi connectivity index (χ0v) is 16.3. The van der Waals surface area contributed by atoms with Crippen molar-refractivity contribution in [2.24, 2.45) is 7.05 Å². The predicted molar refractivity (Wildman–Crippen MR) is 110 cm³/mol. The molecule has 5 nitrogen and oxygen atoms in total. The molecule has 140 valence electrons. The lowest BCUT2D eigenvalue weighted by Gasteiger charge is -2.22. The first-order valence-electron chi connectivity index (χ1n) is 9.05. The zero-order chi connectivity index (χ0) is 19.4. The number of rotatable bonds is 5. The third-order valence-electron chi connectivity index (χ3n) is 4.13. The standard InChI is InChI=1S/C22H26N4O/c1-22(2,3)25-18-10-8-16(9-11-18)17-13-20(26(4)15-17)21(27)24-14-19-7-5-6-12-23-19/h5-13,15,25H,14H2,1-4H3,(H,24,27). The third kappa shape index (κ3) is 4.97. The number of anilines is 1. The van der Waals surface area contributed by atoms with Crippen molar-refractivity contribution in [2.45, 2.75) is 32.9 Å². The molecule has 1 aromatic carbocycles. The van der Waals surface area contributed by atoms with Gasteiger partial charge in [0, 0.05) is 36.2 Å². The van der Waals surface area contributed by atoms with Gasteiger partial charge < -0.3 is 15.2 Å². The number of hydrogen-bond acceptors (Lipinski definition) is 3. The largest absolute Gasteiger partial charge is 0.380 e. The SMILES string of the molecule is Cn1cc(-c2ccc(NC(C)(C)C)cc2)cc1C(=O)NCc1ccccn1. The Morgan fingerprint density at radius 1 is 1.07 bits per heavy atom. The molecule has 3 aromatic rings. The average molecular weight is 362 g/mol. The number of carbonyl (C=O) groups is 1. The lowest BCUT2D eigenvalue weighted by atomic mass is 10.1. The van der Waals surface area contributed by atoms with Gasteiger partial charge in [-0.15, -0.1) is 0 Å². The number of nitrogens with one attached hydrogen (secondary N) is 2. The number of aromatic nitrogens is 2. The quantitative estimate of drug-likeness (QED) is 0.714. The molecule has 0 saturated carbocycles. The van der Waals surface area contributed by atoms with Crippen LogP contribution in [0.2, 0.25) is 0 Å². The summed E-state index contributed by atoms with van der Waals surface area (Å²) in [6.07, 6.45) is 3.70. The minimum atomic E-state index is -0.111. The van der Waals surface area contributed by atoms with Crippen molar-refractivity contribution in [1.29, 1.82) is 0 Å². The third-order valence-corrected chi connectivity index (χ3v) is 4.13. The minimum absolute atomic E-state index is 0.0210. The second-order valence-corrected chi connectivity index (χ2v) is 7.68. The second kappa shape index (κ2) is 7.66. The van der Waals surface area contributed by atoms with E-state index in [1.807, 2.05) is 42.1 Å². The maximum absolute atomic E-state index is 12.5. The lowest BCUT2D eigenvalue weighted by Crippen LogP contribution is -2.25. The molecule has 0 aliphatic rings. The Bertz CT molecular complexity index is 906. The van der Waals surface area contributed by atoms with E-state index in [0.717, 1.165) is 22.5 Å². The maximum Gasteiger partial charge on any atom is 0.268 e. The van der Waals surface area contributed by atoms with Gasteiger partial charge in [-0.25, -0.2) is 0 Å². The highest BCUT2D eigenvalue weighted by Crippen LogP contribution is 2.24. The van der Waals surface area contributed by atoms with Crippen LogP contribution in [-0.4, -0.2) is 21.0 Å². The smallest absolute Gasteiger partial charge is 0.268 e. The predicted octanol–water partition coefficient (Wildman–Crippen LogP) is 4.23. The molecule has 0 radical (unpaired) electrons. The van der Waals surface area contributed by atoms with Crippen LogP contribution in [0.3, 0.4) is 0 Å². The number of aryl methyl sites for hydroxylation is 1. The van der Waals surface area contributed by atoms with Crippen LogP contribution in [0, 0.1) is 0 Å². The van der Waals surface area contributed by atoms with Gasteiger partial charge in [-0.3, -0.25) is 9.78 Å². The van der Waals surface area contributed by atoms with Crippen molar-refractivity contribution in [3.63, 3.8) is 0 Å². The van der Waals surface area contributed by atoms with Crippen LogP contribution < -0.4 is 10.6 Å². The van der Waals surface area contributed by atoms with Crippen molar-refractivity contribution >= 4 is 11.6 Å². The highest BCUT2D eigenvalue weighted by Gasteiger charge is 2.13.